The number of fused-ring (bicyclic) bond motifs is 1. The molecular formula is C16H18N4OS. The number of thiazole rings is 1. The van der Waals surface area contributed by atoms with E-state index in [0.717, 1.165) is 31.4 Å². The average Bonchev–Trinajstić information content (AvgIpc) is 2.98. The monoisotopic (exact) mass is 314 g/mol. The molecule has 5 nitrogen and oxygen atoms in total. The van der Waals surface area contributed by atoms with Crippen molar-refractivity contribution < 1.29 is 4.74 Å². The van der Waals surface area contributed by atoms with Crippen molar-refractivity contribution in [2.24, 2.45) is 5.92 Å². The molecule has 3 fully saturated rings. The van der Waals surface area contributed by atoms with Gasteiger partial charge in [-0.25, -0.2) is 15.0 Å². The number of rotatable bonds is 3. The van der Waals surface area contributed by atoms with Gasteiger partial charge >= 0.3 is 0 Å². The van der Waals surface area contributed by atoms with Crippen molar-refractivity contribution in [2.75, 3.05) is 18.0 Å². The van der Waals surface area contributed by atoms with Crippen LogP contribution in [0.5, 0.6) is 0 Å². The number of hydrogen-bond acceptors (Lipinski definition) is 6. The van der Waals surface area contributed by atoms with Crippen LogP contribution in [-0.2, 0) is 4.74 Å². The molecule has 0 spiro atoms. The van der Waals surface area contributed by atoms with Crippen LogP contribution < -0.4 is 4.90 Å². The highest BCUT2D eigenvalue weighted by Gasteiger charge is 2.44. The first-order valence-electron chi connectivity index (χ1n) is 7.99. The minimum Gasteiger partial charge on any atom is -0.366 e. The van der Waals surface area contributed by atoms with Gasteiger partial charge in [0.15, 0.2) is 0 Å². The van der Waals surface area contributed by atoms with E-state index >= 15 is 0 Å². The van der Waals surface area contributed by atoms with Gasteiger partial charge in [-0.2, -0.15) is 0 Å². The fraction of sp³-hybridized carbons (Fsp3) is 0.562. The largest absolute Gasteiger partial charge is 0.366 e. The van der Waals surface area contributed by atoms with E-state index in [1.165, 1.54) is 23.5 Å². The Bertz CT molecular complexity index is 658. The Morgan fingerprint density at radius 1 is 1.18 bits per heavy atom. The molecule has 2 aromatic rings. The second-order valence-corrected chi connectivity index (χ2v) is 7.39. The average molecular weight is 314 g/mol. The van der Waals surface area contributed by atoms with Crippen molar-refractivity contribution >= 4 is 17.3 Å². The summed E-state index contributed by atoms with van der Waals surface area (Å²) < 4.78 is 6.29. The van der Waals surface area contributed by atoms with Crippen LogP contribution in [0.2, 0.25) is 0 Å². The summed E-state index contributed by atoms with van der Waals surface area (Å²) in [6.45, 7) is 1.89. The van der Waals surface area contributed by atoms with Crippen LogP contribution in [0.4, 0.5) is 5.95 Å². The smallest absolute Gasteiger partial charge is 0.225 e. The van der Waals surface area contributed by atoms with Crippen LogP contribution in [0.15, 0.2) is 23.8 Å². The Balaban J connectivity index is 1.27. The molecule has 22 heavy (non-hydrogen) atoms. The van der Waals surface area contributed by atoms with Crippen molar-refractivity contribution in [3.8, 4) is 0 Å². The van der Waals surface area contributed by atoms with Crippen LogP contribution in [0.25, 0.3) is 0 Å². The van der Waals surface area contributed by atoms with Gasteiger partial charge < -0.3 is 9.64 Å². The Kier molecular flexibility index (Phi) is 2.94. The number of ether oxygens (including phenoxy) is 1. The third kappa shape index (κ3) is 2.21. The van der Waals surface area contributed by atoms with Gasteiger partial charge in [0.05, 0.1) is 11.8 Å². The van der Waals surface area contributed by atoms with E-state index in [1.807, 2.05) is 6.07 Å². The van der Waals surface area contributed by atoms with Gasteiger partial charge in [-0.05, 0) is 25.3 Å². The molecule has 6 heteroatoms. The zero-order valence-corrected chi connectivity index (χ0v) is 13.1. The van der Waals surface area contributed by atoms with Crippen LogP contribution in [0.3, 0.4) is 0 Å². The summed E-state index contributed by atoms with van der Waals surface area (Å²) in [5.74, 6) is 2.13. The van der Waals surface area contributed by atoms with Gasteiger partial charge in [0.2, 0.25) is 5.95 Å². The summed E-state index contributed by atoms with van der Waals surface area (Å²) in [6, 6.07) is 1.85. The lowest BCUT2D eigenvalue weighted by atomic mass is 10.0. The molecule has 0 unspecified atom stereocenters. The van der Waals surface area contributed by atoms with E-state index in [9.17, 15) is 0 Å². The molecule has 0 bridgehead atoms. The predicted molar refractivity (Wildman–Crippen MR) is 84.1 cm³/mol. The predicted octanol–water partition coefficient (Wildman–Crippen LogP) is 2.78. The molecule has 3 atom stereocenters. The lowest BCUT2D eigenvalue weighted by molar-refractivity contribution is 0.0487. The molecule has 2 aromatic heterocycles. The summed E-state index contributed by atoms with van der Waals surface area (Å²) in [7, 11) is 0. The molecular weight excluding hydrogens is 296 g/mol. The van der Waals surface area contributed by atoms with E-state index in [1.54, 1.807) is 23.7 Å². The summed E-state index contributed by atoms with van der Waals surface area (Å²) >= 11 is 1.78. The van der Waals surface area contributed by atoms with Gasteiger partial charge in [-0.1, -0.05) is 0 Å². The third-order valence-corrected chi connectivity index (χ3v) is 5.84. The van der Waals surface area contributed by atoms with Crippen molar-refractivity contribution in [1.82, 2.24) is 15.0 Å². The first-order valence-corrected chi connectivity index (χ1v) is 8.87. The normalized spacial score (nSPS) is 30.7. The number of aromatic nitrogens is 3. The molecule has 2 aliphatic heterocycles. The van der Waals surface area contributed by atoms with E-state index in [2.05, 4.69) is 20.2 Å². The van der Waals surface area contributed by atoms with Gasteiger partial charge in [-0.15, -0.1) is 11.3 Å². The first-order chi connectivity index (χ1) is 10.9. The molecule has 0 aromatic carbocycles. The number of anilines is 1. The van der Waals surface area contributed by atoms with Crippen LogP contribution in [-0.4, -0.2) is 34.1 Å². The van der Waals surface area contributed by atoms with Crippen molar-refractivity contribution in [1.29, 1.82) is 0 Å². The van der Waals surface area contributed by atoms with Crippen molar-refractivity contribution in [3.05, 3.63) is 34.5 Å². The third-order valence-electron chi connectivity index (χ3n) is 4.88. The maximum Gasteiger partial charge on any atom is 0.225 e. The first kappa shape index (κ1) is 13.0. The Hall–Kier alpha value is -1.53. The van der Waals surface area contributed by atoms with E-state index < -0.39 is 0 Å². The highest BCUT2D eigenvalue weighted by atomic mass is 32.1. The summed E-state index contributed by atoms with van der Waals surface area (Å²) in [6.07, 6.45) is 7.79. The quantitative estimate of drug-likeness (QED) is 0.872. The Morgan fingerprint density at radius 2 is 2.05 bits per heavy atom. The molecule has 0 amide bonds. The van der Waals surface area contributed by atoms with Crippen molar-refractivity contribution in [2.45, 2.75) is 37.4 Å². The maximum atomic E-state index is 6.29. The molecule has 0 radical (unpaired) electrons. The summed E-state index contributed by atoms with van der Waals surface area (Å²) in [4.78, 5) is 15.7. The maximum absolute atomic E-state index is 6.29. The summed E-state index contributed by atoms with van der Waals surface area (Å²) in [5, 5.41) is 3.41. The fourth-order valence-corrected chi connectivity index (χ4v) is 4.50. The highest BCUT2D eigenvalue weighted by molar-refractivity contribution is 7.09. The minimum atomic E-state index is 0.200. The molecule has 1 saturated carbocycles. The second kappa shape index (κ2) is 4.99. The molecule has 4 heterocycles. The SMILES string of the molecule is c1cnc(N2C[C@H]3C[C@H](c4nc(C5CC5)cs4)O[C@H]3C2)nc1. The lowest BCUT2D eigenvalue weighted by Crippen LogP contribution is -2.25. The summed E-state index contributed by atoms with van der Waals surface area (Å²) in [5.41, 5.74) is 1.29. The highest BCUT2D eigenvalue weighted by Crippen LogP contribution is 2.45. The zero-order valence-electron chi connectivity index (χ0n) is 12.3. The standard InChI is InChI=1S/C16H18N4OS/c1-4-17-16(18-5-1)20-7-11-6-13(21-14(11)8-20)15-19-12(9-22-15)10-2-3-10/h1,4-5,9-11,13-14H,2-3,6-8H2/t11-,13-,14+/m1/s1. The fourth-order valence-electron chi connectivity index (χ4n) is 3.56. The van der Waals surface area contributed by atoms with Crippen LogP contribution in [0.1, 0.15) is 42.0 Å². The van der Waals surface area contributed by atoms with Gasteiger partial charge in [-0.3, -0.25) is 0 Å². The molecule has 0 N–H and O–H groups in total. The molecule has 114 valence electrons. The van der Waals surface area contributed by atoms with Gasteiger partial charge in [0, 0.05) is 42.7 Å². The van der Waals surface area contributed by atoms with Gasteiger partial charge in [0.25, 0.3) is 0 Å². The van der Waals surface area contributed by atoms with E-state index in [0.29, 0.717) is 12.0 Å². The molecule has 1 aliphatic carbocycles. The molecule has 3 aliphatic rings. The number of hydrogen-bond donors (Lipinski definition) is 0. The van der Waals surface area contributed by atoms with Crippen molar-refractivity contribution in [3.63, 3.8) is 0 Å². The Labute approximate surface area is 133 Å². The van der Waals surface area contributed by atoms with Crippen LogP contribution in [0, 0.1) is 5.92 Å². The Morgan fingerprint density at radius 3 is 2.82 bits per heavy atom. The lowest BCUT2D eigenvalue weighted by Gasteiger charge is -2.18. The topological polar surface area (TPSA) is 51.1 Å². The second-order valence-electron chi connectivity index (χ2n) is 6.50. The minimum absolute atomic E-state index is 0.200. The van der Waals surface area contributed by atoms with Gasteiger partial charge in [0.1, 0.15) is 11.1 Å². The molecule has 2 saturated heterocycles. The van der Waals surface area contributed by atoms with Crippen LogP contribution >= 0.6 is 11.3 Å². The molecule has 5 rings (SSSR count). The number of nitrogens with zero attached hydrogens (tertiary/aromatic N) is 4. The zero-order chi connectivity index (χ0) is 14.5. The van der Waals surface area contributed by atoms with E-state index in [-0.39, 0.29) is 6.10 Å². The van der Waals surface area contributed by atoms with E-state index in [4.69, 9.17) is 9.72 Å².